The summed E-state index contributed by atoms with van der Waals surface area (Å²) in [4.78, 5) is 29.5. The second kappa shape index (κ2) is 9.39. The summed E-state index contributed by atoms with van der Waals surface area (Å²) < 4.78 is 11.7. The maximum absolute atomic E-state index is 12.7. The molecular formula is C24H30N3O4+. The molecule has 1 fully saturated rings. The fourth-order valence-corrected chi connectivity index (χ4v) is 4.07. The highest BCUT2D eigenvalue weighted by molar-refractivity contribution is 5.94. The van der Waals surface area contributed by atoms with Crippen molar-refractivity contribution in [1.82, 2.24) is 4.90 Å². The first-order valence-electron chi connectivity index (χ1n) is 10.8. The predicted molar refractivity (Wildman–Crippen MR) is 118 cm³/mol. The largest absolute Gasteiger partial charge is 0.486 e. The van der Waals surface area contributed by atoms with Gasteiger partial charge >= 0.3 is 0 Å². The average Bonchev–Trinajstić information content (AvgIpc) is 2.79. The molecule has 1 saturated heterocycles. The predicted octanol–water partition coefficient (Wildman–Crippen LogP) is 0.893. The first kappa shape index (κ1) is 21.2. The minimum Gasteiger partial charge on any atom is -0.486 e. The number of ketones is 1. The molecule has 4 rings (SSSR count). The fraction of sp³-hybridized carbons (Fsp3) is 0.417. The van der Waals surface area contributed by atoms with E-state index in [1.54, 1.807) is 11.8 Å². The Hall–Kier alpha value is -3.06. The number of fused-ring (bicyclic) bond motifs is 1. The van der Waals surface area contributed by atoms with E-state index < -0.39 is 0 Å². The van der Waals surface area contributed by atoms with Crippen LogP contribution < -0.4 is 19.3 Å². The van der Waals surface area contributed by atoms with Crippen molar-refractivity contribution >= 4 is 17.4 Å². The van der Waals surface area contributed by atoms with Gasteiger partial charge in [0.15, 0.2) is 29.9 Å². The normalized spacial score (nSPS) is 18.5. The molecule has 2 aromatic carbocycles. The van der Waals surface area contributed by atoms with E-state index in [9.17, 15) is 9.59 Å². The standard InChI is InChI=1S/C24H29N3O4/c1-18(28)19-7-9-20(10-8-19)27-13-11-26(12-14-27)16-24(29)25(2)15-21-17-30-22-5-3-4-6-23(22)31-21/h3-10,21H,11-17H2,1-2H3/p+1/t21-/m1/s1. The smallest absolute Gasteiger partial charge is 0.277 e. The molecule has 2 aromatic rings. The lowest BCUT2D eigenvalue weighted by Gasteiger charge is -2.34. The summed E-state index contributed by atoms with van der Waals surface area (Å²) in [7, 11) is 1.83. The number of likely N-dealkylation sites (N-methyl/N-ethyl adjacent to an activating group) is 1. The number of nitrogens with zero attached hydrogens (tertiary/aromatic N) is 2. The van der Waals surface area contributed by atoms with E-state index in [2.05, 4.69) is 4.90 Å². The van der Waals surface area contributed by atoms with Crippen LogP contribution in [-0.2, 0) is 4.79 Å². The quantitative estimate of drug-likeness (QED) is 0.698. The lowest BCUT2D eigenvalue weighted by atomic mass is 10.1. The molecule has 0 aliphatic carbocycles. The van der Waals surface area contributed by atoms with E-state index in [0.717, 1.165) is 48.9 Å². The van der Waals surface area contributed by atoms with Crippen molar-refractivity contribution in [2.75, 3.05) is 57.8 Å². The number of piperazine rings is 1. The first-order chi connectivity index (χ1) is 15.0. The third-order valence-corrected chi connectivity index (χ3v) is 5.98. The number of para-hydroxylation sites is 2. The summed E-state index contributed by atoms with van der Waals surface area (Å²) in [5.74, 6) is 1.69. The Labute approximate surface area is 183 Å². The van der Waals surface area contributed by atoms with Crippen molar-refractivity contribution in [2.45, 2.75) is 13.0 Å². The van der Waals surface area contributed by atoms with Crippen LogP contribution >= 0.6 is 0 Å². The Kier molecular flexibility index (Phi) is 6.42. The summed E-state index contributed by atoms with van der Waals surface area (Å²) in [6.45, 7) is 6.62. The SMILES string of the molecule is CC(=O)c1ccc(N2CC[NH+](CC(=O)N(C)C[C@@H]3COc4ccccc4O3)CC2)cc1. The molecular weight excluding hydrogens is 394 g/mol. The van der Waals surface area contributed by atoms with Crippen LogP contribution in [0.1, 0.15) is 17.3 Å². The third kappa shape index (κ3) is 5.17. The molecule has 2 heterocycles. The summed E-state index contributed by atoms with van der Waals surface area (Å²) >= 11 is 0. The number of Topliss-reactive ketones (excluding diaryl/α,β-unsaturated/α-hetero) is 1. The maximum Gasteiger partial charge on any atom is 0.277 e. The van der Waals surface area contributed by atoms with Gasteiger partial charge in [-0.1, -0.05) is 12.1 Å². The summed E-state index contributed by atoms with van der Waals surface area (Å²) in [5.41, 5.74) is 1.86. The van der Waals surface area contributed by atoms with Crippen LogP contribution in [-0.4, -0.2) is 75.6 Å². The number of ether oxygens (including phenoxy) is 2. The zero-order valence-electron chi connectivity index (χ0n) is 18.2. The van der Waals surface area contributed by atoms with Crippen LogP contribution in [0.2, 0.25) is 0 Å². The number of amides is 1. The molecule has 0 radical (unpaired) electrons. The molecule has 1 N–H and O–H groups in total. The Balaban J connectivity index is 1.23. The van der Waals surface area contributed by atoms with Crippen molar-refractivity contribution in [3.63, 3.8) is 0 Å². The lowest BCUT2D eigenvalue weighted by molar-refractivity contribution is -0.892. The highest BCUT2D eigenvalue weighted by Crippen LogP contribution is 2.30. The van der Waals surface area contributed by atoms with E-state index >= 15 is 0 Å². The minimum atomic E-state index is -0.159. The summed E-state index contributed by atoms with van der Waals surface area (Å²) in [5, 5.41) is 0. The van der Waals surface area contributed by atoms with Gasteiger partial charge in [-0.15, -0.1) is 0 Å². The monoisotopic (exact) mass is 424 g/mol. The average molecular weight is 425 g/mol. The number of quaternary nitrogens is 1. The highest BCUT2D eigenvalue weighted by Gasteiger charge is 2.27. The van der Waals surface area contributed by atoms with Crippen LogP contribution in [0.4, 0.5) is 5.69 Å². The van der Waals surface area contributed by atoms with Crippen LogP contribution in [0.15, 0.2) is 48.5 Å². The van der Waals surface area contributed by atoms with Gasteiger partial charge in [0.05, 0.1) is 32.7 Å². The Morgan fingerprint density at radius 3 is 2.42 bits per heavy atom. The van der Waals surface area contributed by atoms with Gasteiger partial charge in [0, 0.05) is 18.3 Å². The van der Waals surface area contributed by atoms with Gasteiger partial charge in [-0.25, -0.2) is 0 Å². The number of benzene rings is 2. The molecule has 2 aliphatic heterocycles. The molecule has 7 nitrogen and oxygen atoms in total. The van der Waals surface area contributed by atoms with Gasteiger partial charge in [-0.05, 0) is 43.3 Å². The molecule has 0 spiro atoms. The van der Waals surface area contributed by atoms with E-state index in [-0.39, 0.29) is 17.8 Å². The highest BCUT2D eigenvalue weighted by atomic mass is 16.6. The Morgan fingerprint density at radius 1 is 1.06 bits per heavy atom. The van der Waals surface area contributed by atoms with Crippen LogP contribution in [0.5, 0.6) is 11.5 Å². The molecule has 7 heteroatoms. The van der Waals surface area contributed by atoms with Gasteiger partial charge in [-0.2, -0.15) is 0 Å². The summed E-state index contributed by atoms with van der Waals surface area (Å²) in [6, 6.07) is 15.4. The Bertz CT molecular complexity index is 923. The van der Waals surface area contributed by atoms with Crippen LogP contribution in [0, 0.1) is 0 Å². The van der Waals surface area contributed by atoms with Crippen molar-refractivity contribution in [3.05, 3.63) is 54.1 Å². The topological polar surface area (TPSA) is 63.5 Å². The van der Waals surface area contributed by atoms with Crippen LogP contribution in [0.3, 0.4) is 0 Å². The van der Waals surface area contributed by atoms with Crippen molar-refractivity contribution < 1.29 is 24.0 Å². The number of anilines is 1. The second-order valence-electron chi connectivity index (χ2n) is 8.29. The molecule has 1 amide bonds. The number of carbonyl (C=O) groups is 2. The van der Waals surface area contributed by atoms with Gasteiger partial charge < -0.3 is 24.2 Å². The van der Waals surface area contributed by atoms with Crippen molar-refractivity contribution in [2.24, 2.45) is 0 Å². The van der Waals surface area contributed by atoms with E-state index in [1.807, 2.05) is 55.6 Å². The van der Waals surface area contributed by atoms with E-state index in [1.165, 1.54) is 4.90 Å². The van der Waals surface area contributed by atoms with Crippen LogP contribution in [0.25, 0.3) is 0 Å². The maximum atomic E-state index is 12.7. The summed E-state index contributed by atoms with van der Waals surface area (Å²) in [6.07, 6.45) is -0.159. The molecule has 164 valence electrons. The molecule has 2 aliphatic rings. The molecule has 0 bridgehead atoms. The number of carbonyl (C=O) groups excluding carboxylic acids is 2. The molecule has 0 saturated carbocycles. The molecule has 0 aromatic heterocycles. The van der Waals surface area contributed by atoms with Gasteiger partial charge in [0.2, 0.25) is 0 Å². The van der Waals surface area contributed by atoms with E-state index in [0.29, 0.717) is 19.7 Å². The Morgan fingerprint density at radius 2 is 1.74 bits per heavy atom. The molecule has 31 heavy (non-hydrogen) atoms. The zero-order valence-corrected chi connectivity index (χ0v) is 18.2. The van der Waals surface area contributed by atoms with Gasteiger partial charge in [0.25, 0.3) is 5.91 Å². The number of nitrogens with one attached hydrogen (secondary N) is 1. The van der Waals surface area contributed by atoms with E-state index in [4.69, 9.17) is 9.47 Å². The van der Waals surface area contributed by atoms with Crippen molar-refractivity contribution in [1.29, 1.82) is 0 Å². The van der Waals surface area contributed by atoms with Crippen molar-refractivity contribution in [3.8, 4) is 11.5 Å². The van der Waals surface area contributed by atoms with Gasteiger partial charge in [0.1, 0.15) is 6.61 Å². The number of hydrogen-bond donors (Lipinski definition) is 1. The molecule has 0 unspecified atom stereocenters. The third-order valence-electron chi connectivity index (χ3n) is 5.98. The zero-order chi connectivity index (χ0) is 21.8. The second-order valence-corrected chi connectivity index (χ2v) is 8.29. The minimum absolute atomic E-state index is 0.0813. The number of hydrogen-bond acceptors (Lipinski definition) is 5. The first-order valence-corrected chi connectivity index (χ1v) is 10.8. The number of rotatable bonds is 6. The lowest BCUT2D eigenvalue weighted by Crippen LogP contribution is -3.15. The fourth-order valence-electron chi connectivity index (χ4n) is 4.07. The van der Waals surface area contributed by atoms with Gasteiger partial charge in [-0.3, -0.25) is 9.59 Å². The molecule has 1 atom stereocenters.